The zero-order valence-electron chi connectivity index (χ0n) is 15.9. The number of esters is 1. The van der Waals surface area contributed by atoms with Crippen LogP contribution >= 0.6 is 11.6 Å². The summed E-state index contributed by atoms with van der Waals surface area (Å²) in [4.78, 5) is 24.9. The Morgan fingerprint density at radius 1 is 1.11 bits per heavy atom. The van der Waals surface area contributed by atoms with Gasteiger partial charge in [0.25, 0.3) is 0 Å². The summed E-state index contributed by atoms with van der Waals surface area (Å²) in [6, 6.07) is 9.84. The van der Waals surface area contributed by atoms with E-state index < -0.39 is 17.7 Å². The van der Waals surface area contributed by atoms with E-state index in [9.17, 15) is 14.7 Å². The number of benzene rings is 2. The molecule has 146 valence electrons. The first-order chi connectivity index (χ1) is 13.1. The van der Waals surface area contributed by atoms with E-state index >= 15 is 0 Å². The van der Waals surface area contributed by atoms with Crippen molar-refractivity contribution in [2.45, 2.75) is 26.4 Å². The quantitative estimate of drug-likeness (QED) is 0.594. The lowest BCUT2D eigenvalue weighted by Crippen LogP contribution is -2.26. The summed E-state index contributed by atoms with van der Waals surface area (Å²) in [6.45, 7) is 5.27. The molecule has 2 aromatic carbocycles. The van der Waals surface area contributed by atoms with E-state index in [0.29, 0.717) is 21.5 Å². The van der Waals surface area contributed by atoms with E-state index in [1.807, 2.05) is 0 Å². The number of rotatable bonds is 2. The average Bonchev–Trinajstić information content (AvgIpc) is 2.98. The zero-order valence-corrected chi connectivity index (χ0v) is 16.7. The van der Waals surface area contributed by atoms with Gasteiger partial charge in [0, 0.05) is 17.1 Å². The van der Waals surface area contributed by atoms with Crippen molar-refractivity contribution in [2.24, 2.45) is 0 Å². The Morgan fingerprint density at radius 3 is 2.32 bits per heavy atom. The normalized spacial score (nSPS) is 11.5. The number of fused-ring (bicyclic) bond motifs is 1. The summed E-state index contributed by atoms with van der Waals surface area (Å²) in [6.07, 6.45) is 0.766. The Balaban J connectivity index is 2.22. The first-order valence-electron chi connectivity index (χ1n) is 8.56. The first kappa shape index (κ1) is 19.8. The molecular weight excluding hydrogens is 382 g/mol. The fourth-order valence-corrected chi connectivity index (χ4v) is 3.11. The molecule has 0 fully saturated rings. The minimum Gasteiger partial charge on any atom is -0.508 e. The molecule has 0 saturated carbocycles. The van der Waals surface area contributed by atoms with Crippen LogP contribution in [0.3, 0.4) is 0 Å². The van der Waals surface area contributed by atoms with E-state index in [1.54, 1.807) is 57.2 Å². The highest BCUT2D eigenvalue weighted by atomic mass is 35.5. The monoisotopic (exact) mass is 401 g/mol. The van der Waals surface area contributed by atoms with Gasteiger partial charge in [-0.05, 0) is 50.6 Å². The molecule has 3 aromatic rings. The molecule has 0 radical (unpaired) electrons. The summed E-state index contributed by atoms with van der Waals surface area (Å²) in [5.74, 6) is -0.446. The molecule has 1 heterocycles. The van der Waals surface area contributed by atoms with Crippen molar-refractivity contribution in [2.75, 3.05) is 7.11 Å². The van der Waals surface area contributed by atoms with Gasteiger partial charge in [-0.2, -0.15) is 0 Å². The number of aromatic hydroxyl groups is 1. The number of hydrogen-bond acceptors (Lipinski definition) is 5. The number of nitrogens with zero attached hydrogens (tertiary/aromatic N) is 1. The second-order valence-electron chi connectivity index (χ2n) is 7.28. The Bertz CT molecular complexity index is 1060. The van der Waals surface area contributed by atoms with Gasteiger partial charge < -0.3 is 14.6 Å². The second-order valence-corrected chi connectivity index (χ2v) is 7.69. The largest absolute Gasteiger partial charge is 0.508 e. The maximum Gasteiger partial charge on any atom is 0.419 e. The van der Waals surface area contributed by atoms with Crippen molar-refractivity contribution in [3.63, 3.8) is 0 Å². The fraction of sp³-hybridized carbons (Fsp3) is 0.238. The minimum absolute atomic E-state index is 0.132. The van der Waals surface area contributed by atoms with Crippen LogP contribution in [0.25, 0.3) is 22.0 Å². The Kier molecular flexibility index (Phi) is 5.08. The van der Waals surface area contributed by atoms with Crippen LogP contribution in [0.2, 0.25) is 5.02 Å². The lowest BCUT2D eigenvalue weighted by Gasteiger charge is -2.19. The number of phenolic OH excluding ortho intramolecular Hbond substituents is 1. The third-order valence-corrected chi connectivity index (χ3v) is 4.38. The highest BCUT2D eigenvalue weighted by Gasteiger charge is 2.24. The van der Waals surface area contributed by atoms with Crippen molar-refractivity contribution in [1.82, 2.24) is 4.57 Å². The van der Waals surface area contributed by atoms with Crippen LogP contribution in [-0.4, -0.2) is 34.4 Å². The van der Waals surface area contributed by atoms with Gasteiger partial charge in [0.2, 0.25) is 0 Å². The lowest BCUT2D eigenvalue weighted by molar-refractivity contribution is 0.0544. The van der Waals surface area contributed by atoms with Gasteiger partial charge in [0.15, 0.2) is 0 Å². The number of methoxy groups -OCH3 is 1. The van der Waals surface area contributed by atoms with Crippen molar-refractivity contribution in [1.29, 1.82) is 0 Å². The molecule has 0 bridgehead atoms. The van der Waals surface area contributed by atoms with Gasteiger partial charge in [0.05, 0.1) is 23.2 Å². The molecule has 0 amide bonds. The summed E-state index contributed by atoms with van der Waals surface area (Å²) >= 11 is 6.47. The summed E-state index contributed by atoms with van der Waals surface area (Å²) in [5, 5.41) is 10.4. The van der Waals surface area contributed by atoms with E-state index in [0.717, 1.165) is 5.56 Å². The third kappa shape index (κ3) is 3.82. The van der Waals surface area contributed by atoms with E-state index in [4.69, 9.17) is 21.1 Å². The van der Waals surface area contributed by atoms with Crippen molar-refractivity contribution in [3.8, 4) is 16.9 Å². The van der Waals surface area contributed by atoms with Crippen molar-refractivity contribution < 1.29 is 24.2 Å². The van der Waals surface area contributed by atoms with Crippen LogP contribution in [0.15, 0.2) is 42.6 Å². The Labute approximate surface area is 167 Å². The van der Waals surface area contributed by atoms with E-state index in [1.165, 1.54) is 17.9 Å². The van der Waals surface area contributed by atoms with E-state index in [-0.39, 0.29) is 11.3 Å². The molecule has 0 atom stereocenters. The number of aromatic nitrogens is 1. The van der Waals surface area contributed by atoms with Crippen LogP contribution in [0, 0.1) is 0 Å². The van der Waals surface area contributed by atoms with Crippen molar-refractivity contribution in [3.05, 3.63) is 53.2 Å². The number of halogens is 1. The Hall–Kier alpha value is -2.99. The highest BCUT2D eigenvalue weighted by Crippen LogP contribution is 2.35. The zero-order chi connectivity index (χ0) is 20.6. The van der Waals surface area contributed by atoms with Gasteiger partial charge in [0.1, 0.15) is 11.4 Å². The predicted molar refractivity (Wildman–Crippen MR) is 107 cm³/mol. The standard InChI is InChI=1S/C21H20ClNO5/c1-21(2,3)28-20(26)23-11-16(19(25)27-4)15-9-14(17(22)10-18(15)23)12-5-7-13(24)8-6-12/h5-11,24H,1-4H3. The SMILES string of the molecule is COC(=O)c1cn(C(=O)OC(C)(C)C)c2cc(Cl)c(-c3ccc(O)cc3)cc12. The van der Waals surface area contributed by atoms with E-state index in [2.05, 4.69) is 0 Å². The first-order valence-corrected chi connectivity index (χ1v) is 8.94. The summed E-state index contributed by atoms with van der Waals surface area (Å²) in [5.41, 5.74) is 1.36. The van der Waals surface area contributed by atoms with Gasteiger partial charge >= 0.3 is 12.1 Å². The molecule has 0 aliphatic heterocycles. The molecule has 6 nitrogen and oxygen atoms in total. The van der Waals surface area contributed by atoms with Gasteiger partial charge in [-0.3, -0.25) is 4.57 Å². The topological polar surface area (TPSA) is 77.8 Å². The van der Waals surface area contributed by atoms with Crippen LogP contribution < -0.4 is 0 Å². The van der Waals surface area contributed by atoms with Crippen LogP contribution in [0.1, 0.15) is 31.1 Å². The smallest absolute Gasteiger partial charge is 0.419 e. The molecule has 3 rings (SSSR count). The maximum absolute atomic E-state index is 12.6. The third-order valence-electron chi connectivity index (χ3n) is 4.07. The molecule has 0 spiro atoms. The van der Waals surface area contributed by atoms with Crippen LogP contribution in [-0.2, 0) is 9.47 Å². The summed E-state index contributed by atoms with van der Waals surface area (Å²) < 4.78 is 11.5. The molecule has 28 heavy (non-hydrogen) atoms. The van der Waals surface area contributed by atoms with Crippen LogP contribution in [0.4, 0.5) is 4.79 Å². The number of carbonyl (C=O) groups excluding carboxylic acids is 2. The number of carbonyl (C=O) groups is 2. The van der Waals surface area contributed by atoms with Gasteiger partial charge in [-0.1, -0.05) is 23.7 Å². The van der Waals surface area contributed by atoms with Crippen LogP contribution in [0.5, 0.6) is 5.75 Å². The minimum atomic E-state index is -0.700. The summed E-state index contributed by atoms with van der Waals surface area (Å²) in [7, 11) is 1.27. The molecule has 1 aromatic heterocycles. The van der Waals surface area contributed by atoms with Crippen molar-refractivity contribution >= 4 is 34.6 Å². The molecule has 0 aliphatic rings. The highest BCUT2D eigenvalue weighted by molar-refractivity contribution is 6.34. The fourth-order valence-electron chi connectivity index (χ4n) is 2.84. The number of phenols is 1. The predicted octanol–water partition coefficient (Wildman–Crippen LogP) is 5.24. The maximum atomic E-state index is 12.6. The van der Waals surface area contributed by atoms with Gasteiger partial charge in [-0.15, -0.1) is 0 Å². The molecule has 0 unspecified atom stereocenters. The average molecular weight is 402 g/mol. The molecule has 0 saturated heterocycles. The molecule has 7 heteroatoms. The Morgan fingerprint density at radius 2 is 1.75 bits per heavy atom. The molecule has 1 N–H and O–H groups in total. The number of hydrogen-bond donors (Lipinski definition) is 1. The second kappa shape index (κ2) is 7.20. The molecular formula is C21H20ClNO5. The molecule has 0 aliphatic carbocycles. The number of ether oxygens (including phenoxy) is 2. The lowest BCUT2D eigenvalue weighted by atomic mass is 10.0. The van der Waals surface area contributed by atoms with Gasteiger partial charge in [-0.25, -0.2) is 9.59 Å².